The smallest absolute Gasteiger partial charge is 0.407 e. The highest BCUT2D eigenvalue weighted by Crippen LogP contribution is 2.35. The van der Waals surface area contributed by atoms with Crippen LogP contribution in [-0.2, 0) is 4.74 Å². The lowest BCUT2D eigenvalue weighted by molar-refractivity contribution is -0.0857. The van der Waals surface area contributed by atoms with Gasteiger partial charge in [0, 0.05) is 42.9 Å². The third-order valence-electron chi connectivity index (χ3n) is 7.25. The molecular formula is C28H30N8O5. The van der Waals surface area contributed by atoms with Gasteiger partial charge in [-0.1, -0.05) is 0 Å². The SMILES string of the molecule is CCNC(=O)c1cnc(Nc2cc3cc(-c4cc(C)ncc4OC4C[C@H]5COC[C@@H](C4)N5C(=O)O)ccn3n2)cn1. The van der Waals surface area contributed by atoms with Crippen molar-refractivity contribution in [2.75, 3.05) is 25.1 Å². The first-order valence-corrected chi connectivity index (χ1v) is 13.5. The second kappa shape index (κ2) is 11.0. The zero-order valence-electron chi connectivity index (χ0n) is 22.6. The standard InChI is InChI=1S/C28H30N8O5/c1-3-29-27(37)23-11-32-26(13-31-23)33-25-10-18-7-17(4-5-35(18)34-25)22-6-16(2)30-12-24(22)41-21-8-19-14-40-15-20(9-21)36(19)28(38)39/h4-7,10-13,19-21H,3,8-9,14-15H2,1-2H3,(H,29,37)(H,38,39)(H,32,33,34)/t19-,20+,21?. The molecule has 4 aromatic heterocycles. The first kappa shape index (κ1) is 26.4. The molecule has 4 aromatic rings. The molecule has 0 saturated carbocycles. The molecule has 2 amide bonds. The quantitative estimate of drug-likeness (QED) is 0.308. The number of piperidine rings is 1. The Morgan fingerprint density at radius 3 is 2.59 bits per heavy atom. The lowest BCUT2D eigenvalue weighted by atomic mass is 9.92. The Hall–Kier alpha value is -4.78. The molecule has 2 fully saturated rings. The Morgan fingerprint density at radius 2 is 1.88 bits per heavy atom. The number of morpholine rings is 1. The number of aromatic nitrogens is 5. The summed E-state index contributed by atoms with van der Waals surface area (Å²) in [4.78, 5) is 38.1. The molecule has 2 bridgehead atoms. The predicted octanol–water partition coefficient (Wildman–Crippen LogP) is 3.28. The zero-order valence-corrected chi connectivity index (χ0v) is 22.6. The number of carbonyl (C=O) groups excluding carboxylic acids is 1. The number of nitrogens with zero attached hydrogens (tertiary/aromatic N) is 6. The second-order valence-electron chi connectivity index (χ2n) is 10.2. The Labute approximate surface area is 235 Å². The normalized spacial score (nSPS) is 20.0. The van der Waals surface area contributed by atoms with Gasteiger partial charge in [0.15, 0.2) is 5.82 Å². The van der Waals surface area contributed by atoms with Crippen molar-refractivity contribution in [3.63, 3.8) is 0 Å². The van der Waals surface area contributed by atoms with Crippen LogP contribution in [0.1, 0.15) is 35.9 Å². The van der Waals surface area contributed by atoms with Gasteiger partial charge in [0.25, 0.3) is 5.91 Å². The van der Waals surface area contributed by atoms with Crippen LogP contribution in [0.4, 0.5) is 16.4 Å². The topological polar surface area (TPSA) is 156 Å². The molecular weight excluding hydrogens is 528 g/mol. The van der Waals surface area contributed by atoms with Crippen molar-refractivity contribution >= 4 is 29.2 Å². The molecule has 2 aliphatic rings. The summed E-state index contributed by atoms with van der Waals surface area (Å²) in [5.74, 6) is 1.41. The molecule has 1 unspecified atom stereocenters. The van der Waals surface area contributed by atoms with Gasteiger partial charge in [-0.2, -0.15) is 5.10 Å². The summed E-state index contributed by atoms with van der Waals surface area (Å²) in [6.45, 7) is 5.03. The van der Waals surface area contributed by atoms with Crippen LogP contribution in [0, 0.1) is 6.92 Å². The number of ether oxygens (including phenoxy) is 2. The maximum Gasteiger partial charge on any atom is 0.407 e. The highest BCUT2D eigenvalue weighted by Gasteiger charge is 2.42. The van der Waals surface area contributed by atoms with E-state index in [0.29, 0.717) is 50.0 Å². The van der Waals surface area contributed by atoms with Crippen molar-refractivity contribution in [1.29, 1.82) is 0 Å². The largest absolute Gasteiger partial charge is 0.488 e. The molecule has 6 heterocycles. The Kier molecular flexibility index (Phi) is 7.10. The fourth-order valence-electron chi connectivity index (χ4n) is 5.44. The number of amides is 2. The van der Waals surface area contributed by atoms with E-state index < -0.39 is 6.09 Å². The van der Waals surface area contributed by atoms with Gasteiger partial charge in [-0.15, -0.1) is 0 Å². The van der Waals surface area contributed by atoms with Crippen LogP contribution in [0.2, 0.25) is 0 Å². The van der Waals surface area contributed by atoms with E-state index in [1.807, 2.05) is 44.3 Å². The zero-order chi connectivity index (χ0) is 28.5. The van der Waals surface area contributed by atoms with E-state index >= 15 is 0 Å². The van der Waals surface area contributed by atoms with Gasteiger partial charge in [0.2, 0.25) is 0 Å². The minimum Gasteiger partial charge on any atom is -0.488 e. The molecule has 3 N–H and O–H groups in total. The minimum atomic E-state index is -0.911. The summed E-state index contributed by atoms with van der Waals surface area (Å²) in [5, 5.41) is 20.0. The lowest BCUT2D eigenvalue weighted by Crippen LogP contribution is -2.60. The van der Waals surface area contributed by atoms with Crippen LogP contribution in [0.3, 0.4) is 0 Å². The molecule has 41 heavy (non-hydrogen) atoms. The fourth-order valence-corrected chi connectivity index (χ4v) is 5.44. The van der Waals surface area contributed by atoms with E-state index in [-0.39, 0.29) is 29.8 Å². The first-order chi connectivity index (χ1) is 19.9. The number of fused-ring (bicyclic) bond motifs is 3. The van der Waals surface area contributed by atoms with Crippen molar-refractivity contribution in [2.45, 2.75) is 44.9 Å². The summed E-state index contributed by atoms with van der Waals surface area (Å²) >= 11 is 0. The van der Waals surface area contributed by atoms with Gasteiger partial charge in [-0.3, -0.25) is 14.7 Å². The van der Waals surface area contributed by atoms with Crippen LogP contribution >= 0.6 is 0 Å². The van der Waals surface area contributed by atoms with Crippen LogP contribution in [0.5, 0.6) is 5.75 Å². The number of aryl methyl sites for hydroxylation is 1. The lowest BCUT2D eigenvalue weighted by Gasteiger charge is -2.46. The molecule has 0 aromatic carbocycles. The molecule has 13 heteroatoms. The van der Waals surface area contributed by atoms with Gasteiger partial charge in [-0.05, 0) is 37.6 Å². The number of anilines is 2. The molecule has 6 rings (SSSR count). The van der Waals surface area contributed by atoms with Crippen molar-refractivity contribution < 1.29 is 24.2 Å². The molecule has 2 aliphatic heterocycles. The number of hydrogen-bond donors (Lipinski definition) is 3. The summed E-state index contributed by atoms with van der Waals surface area (Å²) in [5.41, 5.74) is 3.76. The van der Waals surface area contributed by atoms with Crippen LogP contribution < -0.4 is 15.4 Å². The summed E-state index contributed by atoms with van der Waals surface area (Å²) < 4.78 is 13.9. The molecule has 3 atom stereocenters. The molecule has 13 nitrogen and oxygen atoms in total. The number of hydrogen-bond acceptors (Lipinski definition) is 9. The molecule has 212 valence electrons. The van der Waals surface area contributed by atoms with Crippen LogP contribution in [0.15, 0.2) is 49.1 Å². The van der Waals surface area contributed by atoms with Crippen molar-refractivity contribution in [3.8, 4) is 16.9 Å². The molecule has 2 saturated heterocycles. The van der Waals surface area contributed by atoms with Crippen LogP contribution in [0.25, 0.3) is 16.6 Å². The first-order valence-electron chi connectivity index (χ1n) is 13.5. The van der Waals surface area contributed by atoms with Crippen LogP contribution in [-0.4, -0.2) is 84.5 Å². The number of pyridine rings is 2. The summed E-state index contributed by atoms with van der Waals surface area (Å²) in [6.07, 6.45) is 6.56. The van der Waals surface area contributed by atoms with Gasteiger partial charge in [0.05, 0.1) is 49.4 Å². The Bertz CT molecular complexity index is 1580. The van der Waals surface area contributed by atoms with E-state index in [0.717, 1.165) is 22.3 Å². The van der Waals surface area contributed by atoms with E-state index in [1.54, 1.807) is 10.7 Å². The number of carbonyl (C=O) groups is 2. The molecule has 0 radical (unpaired) electrons. The Balaban J connectivity index is 1.21. The third kappa shape index (κ3) is 5.48. The second-order valence-corrected chi connectivity index (χ2v) is 10.2. The fraction of sp³-hybridized carbons (Fsp3) is 0.357. The highest BCUT2D eigenvalue weighted by molar-refractivity contribution is 5.92. The summed E-state index contributed by atoms with van der Waals surface area (Å²) in [6, 6.07) is 7.39. The number of nitrogens with one attached hydrogen (secondary N) is 2. The number of rotatable bonds is 7. The maximum atomic E-state index is 11.9. The summed E-state index contributed by atoms with van der Waals surface area (Å²) in [7, 11) is 0. The Morgan fingerprint density at radius 1 is 1.07 bits per heavy atom. The maximum absolute atomic E-state index is 11.9. The van der Waals surface area contributed by atoms with Crippen molar-refractivity contribution in [3.05, 3.63) is 60.4 Å². The number of carboxylic acid groups (broad SMARTS) is 1. The van der Waals surface area contributed by atoms with Gasteiger partial charge >= 0.3 is 6.09 Å². The van der Waals surface area contributed by atoms with Crippen molar-refractivity contribution in [2.24, 2.45) is 0 Å². The third-order valence-corrected chi connectivity index (χ3v) is 7.25. The van der Waals surface area contributed by atoms with Gasteiger partial charge in [-0.25, -0.2) is 19.3 Å². The van der Waals surface area contributed by atoms with E-state index in [1.165, 1.54) is 17.3 Å². The average molecular weight is 559 g/mol. The van der Waals surface area contributed by atoms with Gasteiger partial charge in [0.1, 0.15) is 23.4 Å². The highest BCUT2D eigenvalue weighted by atomic mass is 16.5. The van der Waals surface area contributed by atoms with Crippen molar-refractivity contribution in [1.82, 2.24) is 34.8 Å². The van der Waals surface area contributed by atoms with Gasteiger partial charge < -0.3 is 25.2 Å². The van der Waals surface area contributed by atoms with E-state index in [2.05, 4.69) is 30.7 Å². The average Bonchev–Trinajstić information content (AvgIpc) is 3.35. The minimum absolute atomic E-state index is 0.150. The van der Waals surface area contributed by atoms with E-state index in [4.69, 9.17) is 9.47 Å². The monoisotopic (exact) mass is 558 g/mol. The van der Waals surface area contributed by atoms with E-state index in [9.17, 15) is 14.7 Å². The predicted molar refractivity (Wildman–Crippen MR) is 148 cm³/mol. The molecule has 0 spiro atoms. The molecule has 0 aliphatic carbocycles.